The highest BCUT2D eigenvalue weighted by Crippen LogP contribution is 2.27. The smallest absolute Gasteiger partial charge is 0.122 e. The Morgan fingerprint density at radius 2 is 1.84 bits per heavy atom. The second-order valence-corrected chi connectivity index (χ2v) is 5.34. The molecule has 2 N–H and O–H groups in total. The summed E-state index contributed by atoms with van der Waals surface area (Å²) in [6, 6.07) is 6.64. The van der Waals surface area contributed by atoms with Crippen LogP contribution in [0.25, 0.3) is 0 Å². The van der Waals surface area contributed by atoms with Crippen molar-refractivity contribution in [1.29, 1.82) is 0 Å². The van der Waals surface area contributed by atoms with E-state index in [0.29, 0.717) is 12.0 Å². The average Bonchev–Trinajstić information content (AvgIpc) is 2.79. The predicted octanol–water partition coefficient (Wildman–Crippen LogP) is 1.87. The van der Waals surface area contributed by atoms with Gasteiger partial charge in [-0.3, -0.25) is 4.90 Å². The van der Waals surface area contributed by atoms with Crippen LogP contribution in [0.15, 0.2) is 18.2 Å². The third-order valence-corrected chi connectivity index (χ3v) is 3.92. The fourth-order valence-corrected chi connectivity index (χ4v) is 2.80. The highest BCUT2D eigenvalue weighted by atomic mass is 16.5. The summed E-state index contributed by atoms with van der Waals surface area (Å²) in [5.41, 5.74) is 7.00. The van der Waals surface area contributed by atoms with E-state index in [4.69, 9.17) is 15.2 Å². The number of hydrogen-bond donors (Lipinski definition) is 1. The van der Waals surface area contributed by atoms with Crippen molar-refractivity contribution in [3.63, 3.8) is 0 Å². The molecule has 1 aromatic rings. The molecule has 0 bridgehead atoms. The Hall–Kier alpha value is -1.26. The van der Waals surface area contributed by atoms with Gasteiger partial charge in [-0.05, 0) is 43.5 Å². The molecule has 0 saturated carbocycles. The highest BCUT2D eigenvalue weighted by Gasteiger charge is 2.27. The van der Waals surface area contributed by atoms with Crippen LogP contribution in [-0.4, -0.2) is 38.3 Å². The Labute approximate surface area is 115 Å². The SMILES string of the molecule is COc1cc(CN2CC(CN)CC2C)cc(OC)c1. The lowest BCUT2D eigenvalue weighted by Crippen LogP contribution is -2.27. The third-order valence-electron chi connectivity index (χ3n) is 3.92. The molecule has 0 aliphatic carbocycles. The van der Waals surface area contributed by atoms with E-state index in [1.54, 1.807) is 14.2 Å². The largest absolute Gasteiger partial charge is 0.497 e. The van der Waals surface area contributed by atoms with E-state index in [2.05, 4.69) is 24.0 Å². The van der Waals surface area contributed by atoms with Crippen LogP contribution in [0.4, 0.5) is 0 Å². The maximum atomic E-state index is 5.78. The number of nitrogens with two attached hydrogens (primary N) is 1. The topological polar surface area (TPSA) is 47.7 Å². The van der Waals surface area contributed by atoms with E-state index in [9.17, 15) is 0 Å². The minimum absolute atomic E-state index is 0.589. The summed E-state index contributed by atoms with van der Waals surface area (Å²) >= 11 is 0. The Kier molecular flexibility index (Phi) is 4.66. The van der Waals surface area contributed by atoms with Gasteiger partial charge in [-0.1, -0.05) is 0 Å². The van der Waals surface area contributed by atoms with Crippen LogP contribution in [0.2, 0.25) is 0 Å². The lowest BCUT2D eigenvalue weighted by molar-refractivity contribution is 0.255. The molecule has 1 heterocycles. The zero-order chi connectivity index (χ0) is 13.8. The van der Waals surface area contributed by atoms with Crippen LogP contribution in [0.1, 0.15) is 18.9 Å². The van der Waals surface area contributed by atoms with Crippen LogP contribution in [0.3, 0.4) is 0 Å². The molecule has 1 fully saturated rings. The monoisotopic (exact) mass is 264 g/mol. The summed E-state index contributed by atoms with van der Waals surface area (Å²) in [5, 5.41) is 0. The quantitative estimate of drug-likeness (QED) is 0.882. The Morgan fingerprint density at radius 3 is 2.32 bits per heavy atom. The number of nitrogens with zero attached hydrogens (tertiary/aromatic N) is 1. The van der Waals surface area contributed by atoms with Crippen LogP contribution in [0, 0.1) is 5.92 Å². The van der Waals surface area contributed by atoms with Crippen molar-refractivity contribution in [2.45, 2.75) is 25.9 Å². The van der Waals surface area contributed by atoms with E-state index < -0.39 is 0 Å². The van der Waals surface area contributed by atoms with Crippen LogP contribution < -0.4 is 15.2 Å². The second-order valence-electron chi connectivity index (χ2n) is 5.34. The summed E-state index contributed by atoms with van der Waals surface area (Å²) in [7, 11) is 3.36. The average molecular weight is 264 g/mol. The number of hydrogen-bond acceptors (Lipinski definition) is 4. The number of benzene rings is 1. The third kappa shape index (κ3) is 3.39. The molecule has 0 amide bonds. The van der Waals surface area contributed by atoms with Crippen LogP contribution >= 0.6 is 0 Å². The molecule has 0 radical (unpaired) electrons. The Morgan fingerprint density at radius 1 is 1.21 bits per heavy atom. The Balaban J connectivity index is 2.10. The number of methoxy groups -OCH3 is 2. The summed E-state index contributed by atoms with van der Waals surface area (Å²) in [4.78, 5) is 2.48. The lowest BCUT2D eigenvalue weighted by atomic mass is 10.1. The first-order chi connectivity index (χ1) is 9.16. The Bertz CT molecular complexity index is 400. The minimum Gasteiger partial charge on any atom is -0.497 e. The summed E-state index contributed by atoms with van der Waals surface area (Å²) < 4.78 is 10.6. The lowest BCUT2D eigenvalue weighted by Gasteiger charge is -2.21. The van der Waals surface area contributed by atoms with E-state index in [-0.39, 0.29) is 0 Å². The van der Waals surface area contributed by atoms with Gasteiger partial charge < -0.3 is 15.2 Å². The molecule has 2 unspecified atom stereocenters. The summed E-state index contributed by atoms with van der Waals surface area (Å²) in [6.45, 7) is 5.05. The number of rotatable bonds is 5. The first-order valence-electron chi connectivity index (χ1n) is 6.82. The fraction of sp³-hybridized carbons (Fsp3) is 0.600. The molecule has 1 saturated heterocycles. The first-order valence-corrected chi connectivity index (χ1v) is 6.82. The number of likely N-dealkylation sites (tertiary alicyclic amines) is 1. The molecule has 19 heavy (non-hydrogen) atoms. The maximum absolute atomic E-state index is 5.78. The van der Waals surface area contributed by atoms with Crippen LogP contribution in [0.5, 0.6) is 11.5 Å². The molecule has 1 aliphatic rings. The molecular formula is C15H24N2O2. The molecule has 4 nitrogen and oxygen atoms in total. The standard InChI is InChI=1S/C15H24N2O2/c1-11-4-13(8-16)10-17(11)9-12-5-14(18-2)7-15(6-12)19-3/h5-7,11,13H,4,8-10,16H2,1-3H3. The molecule has 2 rings (SSSR count). The van der Waals surface area contributed by atoms with E-state index >= 15 is 0 Å². The van der Waals surface area contributed by atoms with Gasteiger partial charge in [0.2, 0.25) is 0 Å². The van der Waals surface area contributed by atoms with Crippen molar-refractivity contribution in [3.8, 4) is 11.5 Å². The van der Waals surface area contributed by atoms with Crippen molar-refractivity contribution in [2.24, 2.45) is 11.7 Å². The summed E-state index contributed by atoms with van der Waals surface area (Å²) in [5.74, 6) is 2.32. The van der Waals surface area contributed by atoms with Gasteiger partial charge in [0.25, 0.3) is 0 Å². The van der Waals surface area contributed by atoms with Crippen molar-refractivity contribution in [3.05, 3.63) is 23.8 Å². The predicted molar refractivity (Wildman–Crippen MR) is 76.6 cm³/mol. The van der Waals surface area contributed by atoms with Crippen molar-refractivity contribution >= 4 is 0 Å². The van der Waals surface area contributed by atoms with Gasteiger partial charge in [0.1, 0.15) is 11.5 Å². The van der Waals surface area contributed by atoms with Gasteiger partial charge >= 0.3 is 0 Å². The van der Waals surface area contributed by atoms with Gasteiger partial charge in [-0.2, -0.15) is 0 Å². The summed E-state index contributed by atoms with van der Waals surface area (Å²) in [6.07, 6.45) is 1.19. The molecule has 1 aromatic carbocycles. The molecule has 2 atom stereocenters. The van der Waals surface area contributed by atoms with E-state index in [0.717, 1.165) is 31.1 Å². The molecule has 0 spiro atoms. The zero-order valence-corrected chi connectivity index (χ0v) is 12.1. The van der Waals surface area contributed by atoms with Crippen molar-refractivity contribution in [1.82, 2.24) is 4.90 Å². The molecule has 0 aromatic heterocycles. The zero-order valence-electron chi connectivity index (χ0n) is 12.1. The van der Waals surface area contributed by atoms with Gasteiger partial charge in [0.05, 0.1) is 14.2 Å². The van der Waals surface area contributed by atoms with E-state index in [1.165, 1.54) is 12.0 Å². The van der Waals surface area contributed by atoms with Gasteiger partial charge in [-0.15, -0.1) is 0 Å². The minimum atomic E-state index is 0.589. The maximum Gasteiger partial charge on any atom is 0.122 e. The van der Waals surface area contributed by atoms with Crippen LogP contribution in [-0.2, 0) is 6.54 Å². The second kappa shape index (κ2) is 6.26. The van der Waals surface area contributed by atoms with Gasteiger partial charge in [0, 0.05) is 25.2 Å². The van der Waals surface area contributed by atoms with Crippen molar-refractivity contribution in [2.75, 3.05) is 27.3 Å². The molecular weight excluding hydrogens is 240 g/mol. The van der Waals surface area contributed by atoms with E-state index in [1.807, 2.05) is 6.07 Å². The fourth-order valence-electron chi connectivity index (χ4n) is 2.80. The molecule has 1 aliphatic heterocycles. The normalized spacial score (nSPS) is 23.6. The highest BCUT2D eigenvalue weighted by molar-refractivity contribution is 5.38. The van der Waals surface area contributed by atoms with Crippen molar-refractivity contribution < 1.29 is 9.47 Å². The molecule has 106 valence electrons. The van der Waals surface area contributed by atoms with Gasteiger partial charge in [0.15, 0.2) is 0 Å². The first kappa shape index (κ1) is 14.2. The number of ether oxygens (including phenoxy) is 2. The van der Waals surface area contributed by atoms with Gasteiger partial charge in [-0.25, -0.2) is 0 Å². The molecule has 4 heteroatoms.